The maximum atomic E-state index is 11.1. The second-order valence-electron chi connectivity index (χ2n) is 9.43. The first-order chi connectivity index (χ1) is 17.8. The number of benzene rings is 5. The number of phenols is 4. The molecule has 5 aromatic carbocycles. The lowest BCUT2D eigenvalue weighted by Crippen LogP contribution is -2.07. The Morgan fingerprint density at radius 3 is 1.30 bits per heavy atom. The van der Waals surface area contributed by atoms with Gasteiger partial charge in [0.2, 0.25) is 0 Å². The number of hydrogen-bond acceptors (Lipinski definition) is 4. The Labute approximate surface area is 216 Å². The molecule has 4 heteroatoms. The Morgan fingerprint density at radius 2 is 0.865 bits per heavy atom. The maximum absolute atomic E-state index is 11.1. The Hall–Kier alpha value is -4.70. The zero-order valence-corrected chi connectivity index (χ0v) is 20.7. The van der Waals surface area contributed by atoms with Crippen LogP contribution in [0.4, 0.5) is 0 Å². The average molecular weight is 489 g/mol. The van der Waals surface area contributed by atoms with Gasteiger partial charge in [-0.15, -0.1) is 0 Å². The van der Waals surface area contributed by atoms with E-state index in [-0.39, 0.29) is 23.0 Å². The molecular formula is C33H28O4. The van der Waals surface area contributed by atoms with Gasteiger partial charge in [-0.2, -0.15) is 0 Å². The van der Waals surface area contributed by atoms with Crippen molar-refractivity contribution in [3.05, 3.63) is 131 Å². The molecule has 4 N–H and O–H groups in total. The number of phenolic OH excluding ortho intramolecular Hbond substituents is 4. The lowest BCUT2D eigenvalue weighted by Gasteiger charge is -2.24. The molecule has 184 valence electrons. The fourth-order valence-electron chi connectivity index (χ4n) is 4.89. The van der Waals surface area contributed by atoms with Crippen LogP contribution in [-0.2, 0) is 0 Å². The summed E-state index contributed by atoms with van der Waals surface area (Å²) in [6.45, 7) is 4.08. The number of aromatic hydroxyl groups is 4. The largest absolute Gasteiger partial charge is 0.508 e. The minimum Gasteiger partial charge on any atom is -0.508 e. The van der Waals surface area contributed by atoms with Gasteiger partial charge in [-0.1, -0.05) is 60.2 Å². The first-order valence-corrected chi connectivity index (χ1v) is 12.1. The van der Waals surface area contributed by atoms with Crippen LogP contribution in [0.15, 0.2) is 103 Å². The van der Waals surface area contributed by atoms with Crippen LogP contribution in [0.5, 0.6) is 23.0 Å². The summed E-state index contributed by atoms with van der Waals surface area (Å²) in [6, 6.07) is 31.0. The molecule has 0 aliphatic carbocycles. The molecule has 0 fully saturated rings. The second-order valence-corrected chi connectivity index (χ2v) is 9.43. The molecule has 0 radical (unpaired) electrons. The van der Waals surface area contributed by atoms with Crippen LogP contribution in [0.2, 0.25) is 0 Å². The van der Waals surface area contributed by atoms with Gasteiger partial charge in [-0.3, -0.25) is 0 Å². The third-order valence-corrected chi connectivity index (χ3v) is 6.81. The van der Waals surface area contributed by atoms with Gasteiger partial charge in [-0.25, -0.2) is 0 Å². The summed E-state index contributed by atoms with van der Waals surface area (Å²) in [5.41, 5.74) is 8.06. The predicted octanol–water partition coefficient (Wildman–Crippen LogP) is 7.64. The minimum absolute atomic E-state index is 0.127. The van der Waals surface area contributed by atoms with Crippen molar-refractivity contribution in [1.29, 1.82) is 0 Å². The highest BCUT2D eigenvalue weighted by Gasteiger charge is 2.25. The fraction of sp³-hybridized carbons (Fsp3) is 0.0909. The van der Waals surface area contributed by atoms with Crippen molar-refractivity contribution >= 4 is 0 Å². The topological polar surface area (TPSA) is 80.9 Å². The van der Waals surface area contributed by atoms with E-state index in [4.69, 9.17) is 0 Å². The van der Waals surface area contributed by atoms with Crippen LogP contribution in [-0.4, -0.2) is 20.4 Å². The molecule has 0 saturated carbocycles. The Kier molecular flexibility index (Phi) is 6.33. The summed E-state index contributed by atoms with van der Waals surface area (Å²) >= 11 is 0. The van der Waals surface area contributed by atoms with Crippen molar-refractivity contribution in [2.45, 2.75) is 19.8 Å². The van der Waals surface area contributed by atoms with E-state index in [1.807, 2.05) is 68.4 Å². The van der Waals surface area contributed by atoms with E-state index in [0.717, 1.165) is 38.9 Å². The van der Waals surface area contributed by atoms with Crippen LogP contribution >= 0.6 is 0 Å². The average Bonchev–Trinajstić information content (AvgIpc) is 2.88. The molecule has 0 unspecified atom stereocenters. The summed E-state index contributed by atoms with van der Waals surface area (Å²) in [6.07, 6.45) is 0. The number of aryl methyl sites for hydroxylation is 2. The molecule has 0 heterocycles. The molecule has 5 rings (SSSR count). The van der Waals surface area contributed by atoms with E-state index in [0.29, 0.717) is 11.1 Å². The molecule has 0 aromatic heterocycles. The van der Waals surface area contributed by atoms with E-state index in [2.05, 4.69) is 12.1 Å². The third-order valence-electron chi connectivity index (χ3n) is 6.81. The minimum atomic E-state index is -0.449. The highest BCUT2D eigenvalue weighted by molar-refractivity contribution is 5.71. The van der Waals surface area contributed by atoms with Crippen molar-refractivity contribution in [2.24, 2.45) is 0 Å². The zero-order valence-electron chi connectivity index (χ0n) is 20.7. The predicted molar refractivity (Wildman–Crippen MR) is 147 cm³/mol. The molecule has 0 bridgehead atoms. The molecule has 0 spiro atoms. The summed E-state index contributed by atoms with van der Waals surface area (Å²) in [7, 11) is 0. The van der Waals surface area contributed by atoms with Gasteiger partial charge in [-0.05, 0) is 95.8 Å². The van der Waals surface area contributed by atoms with E-state index in [9.17, 15) is 20.4 Å². The SMILES string of the molecule is Cc1ccc(C(c2cc(-c3ccc(O)cc3)ccc2O)c2cc(-c3ccc(O)cc3)ccc2O)c(C)c1. The van der Waals surface area contributed by atoms with E-state index in [1.165, 1.54) is 0 Å². The molecule has 0 aliphatic heterocycles. The molecular weight excluding hydrogens is 460 g/mol. The summed E-state index contributed by atoms with van der Waals surface area (Å²) in [5, 5.41) is 41.7. The van der Waals surface area contributed by atoms with Gasteiger partial charge in [0, 0.05) is 17.0 Å². The van der Waals surface area contributed by atoms with Crippen molar-refractivity contribution in [1.82, 2.24) is 0 Å². The van der Waals surface area contributed by atoms with Crippen LogP contribution in [0, 0.1) is 13.8 Å². The summed E-state index contributed by atoms with van der Waals surface area (Å²) < 4.78 is 0. The quantitative estimate of drug-likeness (QED) is 0.192. The monoisotopic (exact) mass is 488 g/mol. The lowest BCUT2D eigenvalue weighted by molar-refractivity contribution is 0.458. The van der Waals surface area contributed by atoms with Crippen molar-refractivity contribution < 1.29 is 20.4 Å². The van der Waals surface area contributed by atoms with Gasteiger partial charge in [0.1, 0.15) is 23.0 Å². The van der Waals surface area contributed by atoms with Crippen LogP contribution in [0.1, 0.15) is 33.7 Å². The van der Waals surface area contributed by atoms with Gasteiger partial charge in [0.05, 0.1) is 0 Å². The highest BCUT2D eigenvalue weighted by Crippen LogP contribution is 2.44. The van der Waals surface area contributed by atoms with E-state index in [1.54, 1.807) is 36.4 Å². The van der Waals surface area contributed by atoms with Crippen molar-refractivity contribution in [3.8, 4) is 45.3 Å². The molecule has 0 saturated heterocycles. The number of hydrogen-bond donors (Lipinski definition) is 4. The van der Waals surface area contributed by atoms with Crippen LogP contribution in [0.25, 0.3) is 22.3 Å². The van der Waals surface area contributed by atoms with Crippen LogP contribution < -0.4 is 0 Å². The number of rotatable bonds is 5. The first-order valence-electron chi connectivity index (χ1n) is 12.1. The smallest absolute Gasteiger partial charge is 0.119 e. The normalized spacial score (nSPS) is 11.1. The fourth-order valence-corrected chi connectivity index (χ4v) is 4.89. The molecule has 5 aromatic rings. The Bertz CT molecular complexity index is 1470. The van der Waals surface area contributed by atoms with Gasteiger partial charge in [0.15, 0.2) is 0 Å². The summed E-state index contributed by atoms with van der Waals surface area (Å²) in [5.74, 6) is 0.178. The third kappa shape index (κ3) is 4.87. The summed E-state index contributed by atoms with van der Waals surface area (Å²) in [4.78, 5) is 0. The Balaban J connectivity index is 1.73. The first kappa shape index (κ1) is 24.0. The molecule has 4 nitrogen and oxygen atoms in total. The van der Waals surface area contributed by atoms with Gasteiger partial charge < -0.3 is 20.4 Å². The zero-order chi connectivity index (χ0) is 26.1. The van der Waals surface area contributed by atoms with Crippen molar-refractivity contribution in [3.63, 3.8) is 0 Å². The standard InChI is InChI=1S/C33H28O4/c1-20-3-14-28(21(2)17-20)33(29-18-24(8-15-31(29)36)22-4-10-26(34)11-5-22)30-19-25(9-16-32(30)37)23-6-12-27(35)13-7-23/h3-19,33-37H,1-2H3. The second kappa shape index (κ2) is 9.75. The van der Waals surface area contributed by atoms with E-state index >= 15 is 0 Å². The Morgan fingerprint density at radius 1 is 0.432 bits per heavy atom. The molecule has 37 heavy (non-hydrogen) atoms. The maximum Gasteiger partial charge on any atom is 0.119 e. The van der Waals surface area contributed by atoms with Gasteiger partial charge >= 0.3 is 0 Å². The molecule has 0 amide bonds. The van der Waals surface area contributed by atoms with Crippen LogP contribution in [0.3, 0.4) is 0 Å². The molecule has 0 aliphatic rings. The highest BCUT2D eigenvalue weighted by atomic mass is 16.3. The molecule has 0 atom stereocenters. The van der Waals surface area contributed by atoms with Crippen molar-refractivity contribution in [2.75, 3.05) is 0 Å². The van der Waals surface area contributed by atoms with Gasteiger partial charge in [0.25, 0.3) is 0 Å². The lowest BCUT2D eigenvalue weighted by atomic mass is 9.80. The van der Waals surface area contributed by atoms with E-state index < -0.39 is 5.92 Å².